The van der Waals surface area contributed by atoms with E-state index in [1.807, 2.05) is 30.3 Å². The summed E-state index contributed by atoms with van der Waals surface area (Å²) in [4.78, 5) is 20.5. The second-order valence-corrected chi connectivity index (χ2v) is 2.64. The molecule has 1 aromatic rings. The van der Waals surface area contributed by atoms with Crippen LogP contribution in [0.15, 0.2) is 30.3 Å². The van der Waals surface area contributed by atoms with Gasteiger partial charge in [-0.3, -0.25) is 9.59 Å². The number of nitrogens with one attached hydrogen (secondary N) is 1. The van der Waals surface area contributed by atoms with Crippen LogP contribution in [0.25, 0.3) is 0 Å². The largest absolute Gasteiger partial charge is 0.349 e. The Hall–Kier alpha value is -1.64. The Labute approximate surface area is 78.2 Å². The minimum atomic E-state index is -0.559. The van der Waals surface area contributed by atoms with Crippen LogP contribution in [-0.2, 0) is 16.0 Å². The van der Waals surface area contributed by atoms with E-state index < -0.39 is 5.91 Å². The molecule has 0 aliphatic carbocycles. The highest BCUT2D eigenvalue weighted by molar-refractivity contribution is 6.23. The van der Waals surface area contributed by atoms with Gasteiger partial charge in [0, 0.05) is 7.97 Å². The maximum atomic E-state index is 10.5. The number of amides is 1. The summed E-state index contributed by atoms with van der Waals surface area (Å²) in [7, 11) is 0. The lowest BCUT2D eigenvalue weighted by atomic mass is 10.1. The van der Waals surface area contributed by atoms with Crippen molar-refractivity contribution >= 4 is 12.2 Å². The lowest BCUT2D eigenvalue weighted by Crippen LogP contribution is -2.26. The van der Waals surface area contributed by atoms with E-state index >= 15 is 0 Å². The van der Waals surface area contributed by atoms with Gasteiger partial charge in [0.1, 0.15) is 0 Å². The van der Waals surface area contributed by atoms with Gasteiger partial charge in [0.15, 0.2) is 0 Å². The first-order chi connectivity index (χ1) is 6.33. The molecule has 3 heteroatoms. The van der Waals surface area contributed by atoms with E-state index in [1.165, 1.54) is 0 Å². The predicted molar refractivity (Wildman–Crippen MR) is 51.3 cm³/mol. The van der Waals surface area contributed by atoms with Crippen LogP contribution in [0.2, 0.25) is 0 Å². The van der Waals surface area contributed by atoms with Crippen molar-refractivity contribution in [3.63, 3.8) is 0 Å². The molecule has 0 unspecified atom stereocenters. The smallest absolute Gasteiger partial charge is 0.284 e. The molecule has 0 spiro atoms. The van der Waals surface area contributed by atoms with Gasteiger partial charge in [-0.05, 0) is 12.0 Å². The predicted octanol–water partition coefficient (Wildman–Crippen LogP) is 0.790. The highest BCUT2D eigenvalue weighted by Gasteiger charge is 1.96. The number of rotatable bonds is 4. The molecule has 0 radical (unpaired) electrons. The number of hydrogen-bond acceptors (Lipinski definition) is 2. The summed E-state index contributed by atoms with van der Waals surface area (Å²) in [5.74, 6) is -0.559. The number of carbonyl (C=O) groups is 2. The first-order valence-electron chi connectivity index (χ1n) is 4.10. The third-order valence-corrected chi connectivity index (χ3v) is 1.66. The highest BCUT2D eigenvalue weighted by atomic mass is 16.2. The van der Waals surface area contributed by atoms with Crippen molar-refractivity contribution in [2.75, 3.05) is 6.54 Å². The van der Waals surface area contributed by atoms with Crippen molar-refractivity contribution in [2.24, 2.45) is 0 Å². The van der Waals surface area contributed by atoms with Crippen LogP contribution in [0.4, 0.5) is 0 Å². The van der Waals surface area contributed by atoms with Gasteiger partial charge in [-0.2, -0.15) is 0 Å². The SMILES string of the molecule is O=CC(=O)NCCc1ccccc1.[HH]. The molecule has 3 nitrogen and oxygen atoms in total. The Morgan fingerprint density at radius 2 is 2.08 bits per heavy atom. The van der Waals surface area contributed by atoms with Crippen LogP contribution in [0.1, 0.15) is 6.99 Å². The monoisotopic (exact) mass is 179 g/mol. The maximum Gasteiger partial charge on any atom is 0.284 e. The van der Waals surface area contributed by atoms with E-state index in [0.29, 0.717) is 6.54 Å². The first-order valence-corrected chi connectivity index (χ1v) is 4.10. The highest BCUT2D eigenvalue weighted by Crippen LogP contribution is 1.97. The summed E-state index contributed by atoms with van der Waals surface area (Å²) in [5, 5.41) is 2.47. The van der Waals surface area contributed by atoms with Crippen molar-refractivity contribution in [3.05, 3.63) is 35.9 Å². The number of hydrogen-bond donors (Lipinski definition) is 1. The molecule has 0 fully saturated rings. The Bertz CT molecular complexity index is 287. The molecule has 13 heavy (non-hydrogen) atoms. The van der Waals surface area contributed by atoms with Crippen molar-refractivity contribution in [3.8, 4) is 0 Å². The van der Waals surface area contributed by atoms with Crippen molar-refractivity contribution in [1.29, 1.82) is 0 Å². The third kappa shape index (κ3) is 3.51. The normalized spacial score (nSPS) is 9.23. The molecule has 1 rings (SSSR count). The number of aldehydes is 1. The standard InChI is InChI=1S/C10H11NO2.H2/c12-8-10(13)11-7-6-9-4-2-1-3-5-9;/h1-5,8H,6-7H2,(H,11,13);1H. The lowest BCUT2D eigenvalue weighted by Gasteiger charge is -2.00. The van der Waals surface area contributed by atoms with Gasteiger partial charge in [0.2, 0.25) is 6.29 Å². The van der Waals surface area contributed by atoms with E-state index in [4.69, 9.17) is 0 Å². The minimum Gasteiger partial charge on any atom is -0.349 e. The minimum absolute atomic E-state index is 0. The number of carbonyl (C=O) groups excluding carboxylic acids is 2. The summed E-state index contributed by atoms with van der Waals surface area (Å²) < 4.78 is 0. The molecule has 70 valence electrons. The van der Waals surface area contributed by atoms with Gasteiger partial charge in [-0.15, -0.1) is 0 Å². The summed E-state index contributed by atoms with van der Waals surface area (Å²) in [6.07, 6.45) is 1.03. The molecule has 0 heterocycles. The van der Waals surface area contributed by atoms with Crippen molar-refractivity contribution < 1.29 is 11.0 Å². The van der Waals surface area contributed by atoms with E-state index in [2.05, 4.69) is 5.32 Å². The van der Waals surface area contributed by atoms with Gasteiger partial charge in [-0.1, -0.05) is 30.3 Å². The van der Waals surface area contributed by atoms with E-state index in [9.17, 15) is 9.59 Å². The van der Waals surface area contributed by atoms with E-state index in [-0.39, 0.29) is 7.71 Å². The molecular formula is C10H13NO2. The second kappa shape index (κ2) is 5.09. The van der Waals surface area contributed by atoms with Crippen molar-refractivity contribution in [1.82, 2.24) is 5.32 Å². The first kappa shape index (κ1) is 9.45. The fraction of sp³-hybridized carbons (Fsp3) is 0.200. The van der Waals surface area contributed by atoms with Gasteiger partial charge >= 0.3 is 0 Å². The fourth-order valence-electron chi connectivity index (χ4n) is 1.02. The molecule has 0 aliphatic rings. The second-order valence-electron chi connectivity index (χ2n) is 2.64. The van der Waals surface area contributed by atoms with Gasteiger partial charge < -0.3 is 5.32 Å². The molecule has 0 aliphatic heterocycles. The fourth-order valence-corrected chi connectivity index (χ4v) is 1.02. The third-order valence-electron chi connectivity index (χ3n) is 1.66. The topological polar surface area (TPSA) is 46.2 Å². The molecule has 0 saturated carbocycles. The van der Waals surface area contributed by atoms with Crippen LogP contribution >= 0.6 is 0 Å². The zero-order valence-electron chi connectivity index (χ0n) is 7.19. The Kier molecular flexibility index (Phi) is 3.70. The zero-order chi connectivity index (χ0) is 9.52. The summed E-state index contributed by atoms with van der Waals surface area (Å²) in [6, 6.07) is 9.78. The Balaban J connectivity index is 0.00000169. The number of benzene rings is 1. The van der Waals surface area contributed by atoms with Crippen LogP contribution in [0.5, 0.6) is 0 Å². The van der Waals surface area contributed by atoms with Gasteiger partial charge in [0.25, 0.3) is 5.91 Å². The van der Waals surface area contributed by atoms with E-state index in [1.54, 1.807) is 0 Å². The molecule has 1 aromatic carbocycles. The van der Waals surface area contributed by atoms with Gasteiger partial charge in [-0.25, -0.2) is 0 Å². The summed E-state index contributed by atoms with van der Waals surface area (Å²) in [5.41, 5.74) is 1.15. The molecule has 0 aromatic heterocycles. The molecule has 1 N–H and O–H groups in total. The lowest BCUT2D eigenvalue weighted by molar-refractivity contribution is -0.131. The molecule has 1 amide bonds. The van der Waals surface area contributed by atoms with Gasteiger partial charge in [0.05, 0.1) is 0 Å². The van der Waals surface area contributed by atoms with Crippen LogP contribution in [-0.4, -0.2) is 18.7 Å². The molecular weight excluding hydrogens is 166 g/mol. The summed E-state index contributed by atoms with van der Waals surface area (Å²) in [6.45, 7) is 0.502. The van der Waals surface area contributed by atoms with Crippen LogP contribution in [0, 0.1) is 0 Å². The van der Waals surface area contributed by atoms with Crippen molar-refractivity contribution in [2.45, 2.75) is 6.42 Å². The summed E-state index contributed by atoms with van der Waals surface area (Å²) >= 11 is 0. The average molecular weight is 179 g/mol. The van der Waals surface area contributed by atoms with Crippen LogP contribution < -0.4 is 5.32 Å². The molecule has 0 saturated heterocycles. The Morgan fingerprint density at radius 3 is 2.69 bits per heavy atom. The Morgan fingerprint density at radius 1 is 1.38 bits per heavy atom. The van der Waals surface area contributed by atoms with Crippen LogP contribution in [0.3, 0.4) is 0 Å². The van der Waals surface area contributed by atoms with E-state index in [0.717, 1.165) is 12.0 Å². The molecule has 0 atom stereocenters. The maximum absolute atomic E-state index is 10.5. The average Bonchev–Trinajstić information content (AvgIpc) is 2.19. The zero-order valence-corrected chi connectivity index (χ0v) is 7.19. The molecule has 0 bridgehead atoms. The quantitative estimate of drug-likeness (QED) is 0.548.